The Bertz CT molecular complexity index is 756. The van der Waals surface area contributed by atoms with E-state index < -0.39 is 17.5 Å². The molecule has 19 heavy (non-hydrogen) atoms. The molecule has 2 aromatic rings. The summed E-state index contributed by atoms with van der Waals surface area (Å²) in [6, 6.07) is 5.28. The van der Waals surface area contributed by atoms with Crippen molar-refractivity contribution in [2.45, 2.75) is 0 Å². The molecule has 6 heteroatoms. The van der Waals surface area contributed by atoms with Crippen molar-refractivity contribution in [2.75, 3.05) is 0 Å². The number of hydrogen-bond acceptors (Lipinski definition) is 5. The molecule has 0 unspecified atom stereocenters. The fraction of sp³-hybridized carbons (Fsp3) is 0. The average Bonchev–Trinajstić information content (AvgIpc) is 2.81. The van der Waals surface area contributed by atoms with Crippen LogP contribution in [0.1, 0.15) is 42.6 Å². The molecule has 1 heterocycles. The zero-order chi connectivity index (χ0) is 13.7. The third-order valence-corrected chi connectivity index (χ3v) is 2.94. The van der Waals surface area contributed by atoms with E-state index in [0.29, 0.717) is 0 Å². The first kappa shape index (κ1) is 11.2. The van der Waals surface area contributed by atoms with Crippen LogP contribution in [0.3, 0.4) is 0 Å². The molecule has 1 aromatic heterocycles. The van der Waals surface area contributed by atoms with E-state index in [4.69, 9.17) is 10.2 Å². The Balaban J connectivity index is 2.30. The fourth-order valence-electron chi connectivity index (χ4n) is 2.07. The smallest absolute Gasteiger partial charge is 0.284 e. The van der Waals surface area contributed by atoms with Crippen molar-refractivity contribution < 1.29 is 23.9 Å². The minimum absolute atomic E-state index is 0.0443. The van der Waals surface area contributed by atoms with Gasteiger partial charge in [-0.1, -0.05) is 6.07 Å². The van der Waals surface area contributed by atoms with Crippen molar-refractivity contribution in [2.24, 2.45) is 5.73 Å². The Morgan fingerprint density at radius 3 is 2.58 bits per heavy atom. The van der Waals surface area contributed by atoms with Crippen LogP contribution >= 0.6 is 0 Å². The second-order valence-corrected chi connectivity index (χ2v) is 4.08. The summed E-state index contributed by atoms with van der Waals surface area (Å²) in [5, 5.41) is 9.69. The lowest BCUT2D eigenvalue weighted by Crippen LogP contribution is -2.19. The molecule has 0 spiro atoms. The molecular formula is C13H7NO5. The van der Waals surface area contributed by atoms with E-state index in [2.05, 4.69) is 0 Å². The summed E-state index contributed by atoms with van der Waals surface area (Å²) >= 11 is 0. The van der Waals surface area contributed by atoms with E-state index in [9.17, 15) is 19.5 Å². The van der Waals surface area contributed by atoms with Crippen LogP contribution in [0.5, 0.6) is 5.75 Å². The standard InChI is InChI=1S/C13H7NO5/c14-13(18)8-4-6-10(16)9-5(2-1-3-7(9)15)11(17)12(6)19-8/h1-4,15H,(H2,14,18). The Kier molecular flexibility index (Phi) is 2.10. The van der Waals surface area contributed by atoms with Gasteiger partial charge in [-0.15, -0.1) is 0 Å². The van der Waals surface area contributed by atoms with Gasteiger partial charge in [-0.05, 0) is 12.1 Å². The first-order chi connectivity index (χ1) is 9.00. The van der Waals surface area contributed by atoms with Crippen LogP contribution < -0.4 is 5.73 Å². The Morgan fingerprint density at radius 1 is 1.16 bits per heavy atom. The molecule has 1 aliphatic rings. The van der Waals surface area contributed by atoms with Gasteiger partial charge in [0.1, 0.15) is 5.75 Å². The maximum atomic E-state index is 12.2. The number of carbonyl (C=O) groups excluding carboxylic acids is 3. The number of amides is 1. The molecule has 0 bridgehead atoms. The number of carbonyl (C=O) groups is 3. The Labute approximate surface area is 106 Å². The quantitative estimate of drug-likeness (QED) is 0.671. The van der Waals surface area contributed by atoms with Gasteiger partial charge in [0.2, 0.25) is 11.6 Å². The van der Waals surface area contributed by atoms with Crippen molar-refractivity contribution in [1.82, 2.24) is 0 Å². The van der Waals surface area contributed by atoms with E-state index in [1.54, 1.807) is 0 Å². The maximum absolute atomic E-state index is 12.2. The number of hydrogen-bond donors (Lipinski definition) is 2. The molecule has 0 saturated carbocycles. The van der Waals surface area contributed by atoms with Crippen molar-refractivity contribution in [3.63, 3.8) is 0 Å². The molecule has 1 aliphatic carbocycles. The number of nitrogens with two attached hydrogens (primary N) is 1. The van der Waals surface area contributed by atoms with Crippen molar-refractivity contribution in [3.05, 3.63) is 52.5 Å². The largest absolute Gasteiger partial charge is 0.507 e. The molecule has 0 aliphatic heterocycles. The van der Waals surface area contributed by atoms with Gasteiger partial charge in [0.25, 0.3) is 5.91 Å². The minimum atomic E-state index is -0.872. The highest BCUT2D eigenvalue weighted by molar-refractivity contribution is 6.28. The topological polar surface area (TPSA) is 111 Å². The number of phenolic OH excluding ortho intramolecular Hbond substituents is 1. The second-order valence-electron chi connectivity index (χ2n) is 4.08. The maximum Gasteiger partial charge on any atom is 0.284 e. The summed E-state index contributed by atoms with van der Waals surface area (Å²) in [6.07, 6.45) is 0. The van der Waals surface area contributed by atoms with Crippen LogP contribution in [0.2, 0.25) is 0 Å². The van der Waals surface area contributed by atoms with Crippen LogP contribution in [-0.2, 0) is 0 Å². The van der Waals surface area contributed by atoms with E-state index in [1.165, 1.54) is 18.2 Å². The lowest BCUT2D eigenvalue weighted by Gasteiger charge is -2.13. The van der Waals surface area contributed by atoms with Gasteiger partial charge in [0, 0.05) is 11.6 Å². The minimum Gasteiger partial charge on any atom is -0.507 e. The molecule has 0 atom stereocenters. The molecule has 6 nitrogen and oxygen atoms in total. The third-order valence-electron chi connectivity index (χ3n) is 2.94. The number of aromatic hydroxyl groups is 1. The summed E-state index contributed by atoms with van der Waals surface area (Å²) < 4.78 is 5.02. The molecule has 0 radical (unpaired) electrons. The number of ketones is 2. The normalized spacial score (nSPS) is 13.1. The van der Waals surface area contributed by atoms with Crippen LogP contribution in [0.4, 0.5) is 0 Å². The number of benzene rings is 1. The molecule has 3 rings (SSSR count). The second kappa shape index (κ2) is 3.55. The van der Waals surface area contributed by atoms with Gasteiger partial charge in [0.05, 0.1) is 11.1 Å². The summed E-state index contributed by atoms with van der Waals surface area (Å²) in [5.74, 6) is -2.78. The van der Waals surface area contributed by atoms with E-state index in [1.807, 2.05) is 0 Å². The van der Waals surface area contributed by atoms with Gasteiger partial charge in [0.15, 0.2) is 11.5 Å². The molecule has 94 valence electrons. The average molecular weight is 257 g/mol. The zero-order valence-electron chi connectivity index (χ0n) is 9.47. The molecule has 3 N–H and O–H groups in total. The Hall–Kier alpha value is -2.89. The monoisotopic (exact) mass is 257 g/mol. The molecule has 1 amide bonds. The zero-order valence-corrected chi connectivity index (χ0v) is 9.47. The van der Waals surface area contributed by atoms with Crippen LogP contribution in [0, 0.1) is 0 Å². The summed E-state index contributed by atoms with van der Waals surface area (Å²) in [7, 11) is 0. The van der Waals surface area contributed by atoms with E-state index in [-0.39, 0.29) is 34.0 Å². The van der Waals surface area contributed by atoms with Gasteiger partial charge in [-0.3, -0.25) is 14.4 Å². The van der Waals surface area contributed by atoms with Gasteiger partial charge in [-0.25, -0.2) is 0 Å². The SMILES string of the molecule is NC(=O)c1cc2c(o1)C(=O)c1cccc(O)c1C2=O. The van der Waals surface area contributed by atoms with Crippen LogP contribution in [0.15, 0.2) is 28.7 Å². The van der Waals surface area contributed by atoms with Crippen molar-refractivity contribution >= 4 is 17.5 Å². The number of phenols is 1. The fourth-order valence-corrected chi connectivity index (χ4v) is 2.07. The predicted molar refractivity (Wildman–Crippen MR) is 62.2 cm³/mol. The molecule has 1 aromatic carbocycles. The van der Waals surface area contributed by atoms with Gasteiger partial charge >= 0.3 is 0 Å². The Morgan fingerprint density at radius 2 is 1.89 bits per heavy atom. The summed E-state index contributed by atoms with van der Waals surface area (Å²) in [4.78, 5) is 35.3. The van der Waals surface area contributed by atoms with Crippen LogP contribution in [0.25, 0.3) is 0 Å². The third kappa shape index (κ3) is 1.40. The number of primary amides is 1. The summed E-state index contributed by atoms with van der Waals surface area (Å²) in [6.45, 7) is 0. The van der Waals surface area contributed by atoms with Crippen LogP contribution in [-0.4, -0.2) is 22.6 Å². The van der Waals surface area contributed by atoms with Gasteiger partial charge < -0.3 is 15.3 Å². The molecular weight excluding hydrogens is 250 g/mol. The van der Waals surface area contributed by atoms with Crippen molar-refractivity contribution in [1.29, 1.82) is 0 Å². The predicted octanol–water partition coefficient (Wildman–Crippen LogP) is 0.859. The number of furan rings is 1. The van der Waals surface area contributed by atoms with E-state index >= 15 is 0 Å². The molecule has 0 saturated heterocycles. The first-order valence-electron chi connectivity index (χ1n) is 5.35. The highest BCUT2D eigenvalue weighted by Crippen LogP contribution is 2.33. The lowest BCUT2D eigenvalue weighted by atomic mass is 9.88. The molecule has 0 fully saturated rings. The highest BCUT2D eigenvalue weighted by atomic mass is 16.4. The highest BCUT2D eigenvalue weighted by Gasteiger charge is 2.36. The van der Waals surface area contributed by atoms with E-state index in [0.717, 1.165) is 6.07 Å². The number of fused-ring (bicyclic) bond motifs is 2. The lowest BCUT2D eigenvalue weighted by molar-refractivity contribution is 0.0941. The van der Waals surface area contributed by atoms with Gasteiger partial charge in [-0.2, -0.15) is 0 Å². The van der Waals surface area contributed by atoms with Crippen molar-refractivity contribution in [3.8, 4) is 5.75 Å². The summed E-state index contributed by atoms with van der Waals surface area (Å²) in [5.41, 5.74) is 4.94. The number of rotatable bonds is 1. The first-order valence-corrected chi connectivity index (χ1v) is 5.35.